The van der Waals surface area contributed by atoms with Gasteiger partial charge in [0.1, 0.15) is 0 Å². The van der Waals surface area contributed by atoms with Crippen molar-refractivity contribution in [1.82, 2.24) is 5.32 Å². The number of nitrogens with two attached hydrogens (primary N) is 1. The number of benzene rings is 1. The van der Waals surface area contributed by atoms with Crippen LogP contribution in [0.25, 0.3) is 0 Å². The zero-order chi connectivity index (χ0) is 14.7. The van der Waals surface area contributed by atoms with Crippen molar-refractivity contribution >= 4 is 18.3 Å². The van der Waals surface area contributed by atoms with Gasteiger partial charge in [-0.1, -0.05) is 18.2 Å². The highest BCUT2D eigenvalue weighted by atomic mass is 35.5. The predicted octanol–water partition coefficient (Wildman–Crippen LogP) is 2.48. The van der Waals surface area contributed by atoms with Gasteiger partial charge in [0.2, 0.25) is 5.91 Å². The van der Waals surface area contributed by atoms with Gasteiger partial charge in [-0.3, -0.25) is 4.79 Å². The first-order valence-electron chi connectivity index (χ1n) is 5.85. The summed E-state index contributed by atoms with van der Waals surface area (Å²) in [4.78, 5) is 11.9. The Balaban J connectivity index is 0.00000361. The summed E-state index contributed by atoms with van der Waals surface area (Å²) in [6.07, 6.45) is -4.42. The number of rotatable bonds is 4. The fourth-order valence-corrected chi connectivity index (χ4v) is 1.62. The van der Waals surface area contributed by atoms with Gasteiger partial charge >= 0.3 is 6.18 Å². The maximum Gasteiger partial charge on any atom is 0.416 e. The molecule has 0 atom stereocenters. The molecule has 0 spiro atoms. The lowest BCUT2D eigenvalue weighted by Gasteiger charge is -2.25. The minimum absolute atomic E-state index is 0. The van der Waals surface area contributed by atoms with E-state index in [-0.39, 0.29) is 24.9 Å². The maximum atomic E-state index is 12.6. The molecule has 20 heavy (non-hydrogen) atoms. The SMILES string of the molecule is CC(C)(C(=O)NCCN)c1cccc(C(F)(F)F)c1.Cl. The van der Waals surface area contributed by atoms with Crippen molar-refractivity contribution < 1.29 is 18.0 Å². The molecular weight excluding hydrogens is 293 g/mol. The second-order valence-electron chi connectivity index (χ2n) is 4.75. The molecule has 0 saturated carbocycles. The van der Waals surface area contributed by atoms with Crippen molar-refractivity contribution in [1.29, 1.82) is 0 Å². The number of hydrogen-bond acceptors (Lipinski definition) is 2. The number of amides is 1. The maximum absolute atomic E-state index is 12.6. The predicted molar refractivity (Wildman–Crippen MR) is 73.8 cm³/mol. The van der Waals surface area contributed by atoms with Crippen LogP contribution in [0.1, 0.15) is 25.0 Å². The van der Waals surface area contributed by atoms with Crippen LogP contribution >= 0.6 is 12.4 Å². The van der Waals surface area contributed by atoms with Crippen molar-refractivity contribution in [2.75, 3.05) is 13.1 Å². The fraction of sp³-hybridized carbons (Fsp3) is 0.462. The smallest absolute Gasteiger partial charge is 0.354 e. The van der Waals surface area contributed by atoms with E-state index in [1.807, 2.05) is 0 Å². The topological polar surface area (TPSA) is 55.1 Å². The molecule has 0 bridgehead atoms. The Bertz CT molecular complexity index is 461. The van der Waals surface area contributed by atoms with Crippen LogP contribution in [0.4, 0.5) is 13.2 Å². The summed E-state index contributed by atoms with van der Waals surface area (Å²) in [5.74, 6) is -0.350. The van der Waals surface area contributed by atoms with Gasteiger partial charge in [-0.2, -0.15) is 13.2 Å². The number of alkyl halides is 3. The van der Waals surface area contributed by atoms with E-state index >= 15 is 0 Å². The summed E-state index contributed by atoms with van der Waals surface area (Å²) in [7, 11) is 0. The molecule has 0 aliphatic heterocycles. The Kier molecular flexibility index (Phi) is 6.50. The van der Waals surface area contributed by atoms with Crippen molar-refractivity contribution in [3.63, 3.8) is 0 Å². The molecule has 1 aromatic rings. The standard InChI is InChI=1S/C13H17F3N2O.ClH/c1-12(2,11(19)18-7-6-17)9-4-3-5-10(8-9)13(14,15)16;/h3-5,8H,6-7,17H2,1-2H3,(H,18,19);1H. The summed E-state index contributed by atoms with van der Waals surface area (Å²) < 4.78 is 37.9. The van der Waals surface area contributed by atoms with E-state index in [2.05, 4.69) is 5.32 Å². The highest BCUT2D eigenvalue weighted by Crippen LogP contribution is 2.32. The van der Waals surface area contributed by atoms with Crippen molar-refractivity contribution in [2.45, 2.75) is 25.4 Å². The third-order valence-electron chi connectivity index (χ3n) is 2.91. The summed E-state index contributed by atoms with van der Waals surface area (Å²) in [6.45, 7) is 3.73. The average Bonchev–Trinajstić information content (AvgIpc) is 2.35. The Morgan fingerprint density at radius 3 is 2.30 bits per heavy atom. The van der Waals surface area contributed by atoms with Crippen LogP contribution in [-0.2, 0) is 16.4 Å². The monoisotopic (exact) mass is 310 g/mol. The largest absolute Gasteiger partial charge is 0.416 e. The van der Waals surface area contributed by atoms with Crippen LogP contribution in [0.3, 0.4) is 0 Å². The summed E-state index contributed by atoms with van der Waals surface area (Å²) in [6, 6.07) is 4.80. The second kappa shape index (κ2) is 6.95. The zero-order valence-electron chi connectivity index (χ0n) is 11.3. The summed E-state index contributed by atoms with van der Waals surface area (Å²) in [5.41, 5.74) is 3.79. The van der Waals surface area contributed by atoms with Crippen LogP contribution in [0.15, 0.2) is 24.3 Å². The third-order valence-corrected chi connectivity index (χ3v) is 2.91. The van der Waals surface area contributed by atoms with Crippen LogP contribution in [0.2, 0.25) is 0 Å². The molecule has 0 fully saturated rings. The molecule has 114 valence electrons. The highest BCUT2D eigenvalue weighted by molar-refractivity contribution is 5.87. The van der Waals surface area contributed by atoms with Crippen LogP contribution in [0, 0.1) is 0 Å². The van der Waals surface area contributed by atoms with E-state index in [1.54, 1.807) is 13.8 Å². The van der Waals surface area contributed by atoms with Gasteiger partial charge in [-0.05, 0) is 25.5 Å². The minimum atomic E-state index is -4.42. The van der Waals surface area contributed by atoms with Crippen molar-refractivity contribution in [3.8, 4) is 0 Å². The normalized spacial score (nSPS) is 11.7. The van der Waals surface area contributed by atoms with E-state index < -0.39 is 17.2 Å². The van der Waals surface area contributed by atoms with E-state index in [1.165, 1.54) is 12.1 Å². The Hall–Kier alpha value is -1.27. The van der Waals surface area contributed by atoms with Crippen LogP contribution in [0.5, 0.6) is 0 Å². The third kappa shape index (κ3) is 4.38. The number of carbonyl (C=O) groups is 1. The van der Waals surface area contributed by atoms with Gasteiger partial charge in [0.15, 0.2) is 0 Å². The number of carbonyl (C=O) groups excluding carboxylic acids is 1. The van der Waals surface area contributed by atoms with Crippen LogP contribution < -0.4 is 11.1 Å². The lowest BCUT2D eigenvalue weighted by molar-refractivity contribution is -0.137. The lowest BCUT2D eigenvalue weighted by Crippen LogP contribution is -2.42. The molecule has 7 heteroatoms. The molecule has 3 nitrogen and oxygen atoms in total. The first kappa shape index (κ1) is 18.7. The highest BCUT2D eigenvalue weighted by Gasteiger charge is 2.34. The lowest BCUT2D eigenvalue weighted by atomic mass is 9.83. The van der Waals surface area contributed by atoms with Crippen molar-refractivity contribution in [3.05, 3.63) is 35.4 Å². The molecule has 1 amide bonds. The first-order chi connectivity index (χ1) is 8.69. The van der Waals surface area contributed by atoms with Crippen molar-refractivity contribution in [2.24, 2.45) is 5.73 Å². The van der Waals surface area contributed by atoms with E-state index in [0.29, 0.717) is 12.1 Å². The summed E-state index contributed by atoms with van der Waals surface area (Å²) >= 11 is 0. The molecular formula is C13H18ClF3N2O. The van der Waals surface area contributed by atoms with Crippen LogP contribution in [-0.4, -0.2) is 19.0 Å². The molecule has 0 aromatic heterocycles. The fourth-order valence-electron chi connectivity index (χ4n) is 1.62. The Labute approximate surface area is 122 Å². The molecule has 0 unspecified atom stereocenters. The van der Waals surface area contributed by atoms with Gasteiger partial charge in [0.05, 0.1) is 11.0 Å². The Morgan fingerprint density at radius 1 is 1.25 bits per heavy atom. The summed E-state index contributed by atoms with van der Waals surface area (Å²) in [5, 5.41) is 2.58. The van der Waals surface area contributed by atoms with E-state index in [4.69, 9.17) is 5.73 Å². The van der Waals surface area contributed by atoms with Gasteiger partial charge in [0, 0.05) is 13.1 Å². The second-order valence-corrected chi connectivity index (χ2v) is 4.75. The molecule has 0 heterocycles. The number of halogens is 4. The van der Waals surface area contributed by atoms with Gasteiger partial charge in [-0.25, -0.2) is 0 Å². The molecule has 1 rings (SSSR count). The quantitative estimate of drug-likeness (QED) is 0.897. The van der Waals surface area contributed by atoms with E-state index in [0.717, 1.165) is 12.1 Å². The number of nitrogens with one attached hydrogen (secondary N) is 1. The first-order valence-corrected chi connectivity index (χ1v) is 5.85. The molecule has 0 saturated heterocycles. The zero-order valence-corrected chi connectivity index (χ0v) is 12.1. The van der Waals surface area contributed by atoms with Gasteiger partial charge in [0.25, 0.3) is 0 Å². The molecule has 3 N–H and O–H groups in total. The van der Waals surface area contributed by atoms with Gasteiger partial charge < -0.3 is 11.1 Å². The molecule has 0 aliphatic carbocycles. The number of hydrogen-bond donors (Lipinski definition) is 2. The average molecular weight is 311 g/mol. The minimum Gasteiger partial charge on any atom is -0.354 e. The Morgan fingerprint density at radius 2 is 1.80 bits per heavy atom. The molecule has 0 aliphatic rings. The van der Waals surface area contributed by atoms with Gasteiger partial charge in [-0.15, -0.1) is 12.4 Å². The van der Waals surface area contributed by atoms with E-state index in [9.17, 15) is 18.0 Å². The molecule has 1 aromatic carbocycles. The molecule has 0 radical (unpaired) electrons.